The predicted octanol–water partition coefficient (Wildman–Crippen LogP) is 5.20. The van der Waals surface area contributed by atoms with E-state index in [0.717, 1.165) is 16.8 Å². The van der Waals surface area contributed by atoms with Gasteiger partial charge in [-0.25, -0.2) is 0 Å². The topological polar surface area (TPSA) is 20.3 Å². The maximum atomic E-state index is 13.1. The molecular formula is C20H20ClNO. The Labute approximate surface area is 142 Å². The van der Waals surface area contributed by atoms with Crippen molar-refractivity contribution in [2.75, 3.05) is 4.90 Å². The third kappa shape index (κ3) is 2.79. The van der Waals surface area contributed by atoms with Crippen LogP contribution >= 0.6 is 11.6 Å². The highest BCUT2D eigenvalue weighted by molar-refractivity contribution is 6.33. The van der Waals surface area contributed by atoms with E-state index >= 15 is 0 Å². The molecule has 0 fully saturated rings. The molecule has 1 aliphatic rings. The number of amides is 1. The van der Waals surface area contributed by atoms with Crippen LogP contribution in [0.2, 0.25) is 0 Å². The molecule has 1 heterocycles. The molecular weight excluding hydrogens is 306 g/mol. The Bertz CT molecular complexity index is 764. The first-order valence-electron chi connectivity index (χ1n) is 7.74. The van der Waals surface area contributed by atoms with E-state index in [1.54, 1.807) is 0 Å². The molecule has 1 aliphatic heterocycles. The van der Waals surface area contributed by atoms with Gasteiger partial charge in [0, 0.05) is 5.56 Å². The number of alkyl halides is 1. The minimum Gasteiger partial charge on any atom is -0.301 e. The Balaban J connectivity index is 2.06. The molecule has 1 amide bonds. The first-order chi connectivity index (χ1) is 10.9. The van der Waals surface area contributed by atoms with E-state index in [1.165, 1.54) is 5.57 Å². The van der Waals surface area contributed by atoms with E-state index in [0.29, 0.717) is 0 Å². The van der Waals surface area contributed by atoms with Gasteiger partial charge in [0.1, 0.15) is 5.38 Å². The Hall–Kier alpha value is -2.06. The third-order valence-corrected chi connectivity index (χ3v) is 4.68. The number of nitrogens with zero attached hydrogens (tertiary/aromatic N) is 1. The first kappa shape index (κ1) is 15.8. The molecule has 2 aromatic carbocycles. The minimum absolute atomic E-state index is 0.0981. The van der Waals surface area contributed by atoms with Gasteiger partial charge >= 0.3 is 0 Å². The summed E-state index contributed by atoms with van der Waals surface area (Å²) in [4.78, 5) is 15.0. The lowest BCUT2D eigenvalue weighted by Gasteiger charge is -2.42. The van der Waals surface area contributed by atoms with Crippen LogP contribution in [0.25, 0.3) is 5.57 Å². The molecule has 3 heteroatoms. The fourth-order valence-electron chi connectivity index (χ4n) is 3.27. The van der Waals surface area contributed by atoms with Crippen LogP contribution in [0.5, 0.6) is 0 Å². The second-order valence-electron chi connectivity index (χ2n) is 6.45. The van der Waals surface area contributed by atoms with E-state index in [1.807, 2.05) is 73.3 Å². The fourth-order valence-corrected chi connectivity index (χ4v) is 3.51. The molecule has 2 aromatic rings. The van der Waals surface area contributed by atoms with E-state index in [2.05, 4.69) is 13.0 Å². The lowest BCUT2D eigenvalue weighted by molar-refractivity contribution is -0.119. The largest absolute Gasteiger partial charge is 0.301 e. The normalized spacial score (nSPS) is 17.2. The van der Waals surface area contributed by atoms with Gasteiger partial charge in [0.15, 0.2) is 0 Å². The highest BCUT2D eigenvalue weighted by Gasteiger charge is 2.38. The van der Waals surface area contributed by atoms with Gasteiger partial charge in [-0.15, -0.1) is 11.6 Å². The Kier molecular flexibility index (Phi) is 4.03. The van der Waals surface area contributed by atoms with Gasteiger partial charge in [-0.2, -0.15) is 0 Å². The fraction of sp³-hybridized carbons (Fsp3) is 0.250. The van der Waals surface area contributed by atoms with Gasteiger partial charge in [-0.05, 0) is 38.0 Å². The number of allylic oxidation sites excluding steroid dienone is 1. The molecule has 0 spiro atoms. The first-order valence-corrected chi connectivity index (χ1v) is 8.17. The highest BCUT2D eigenvalue weighted by Crippen LogP contribution is 2.41. The molecule has 0 radical (unpaired) electrons. The number of rotatable bonds is 2. The van der Waals surface area contributed by atoms with Crippen molar-refractivity contribution in [2.45, 2.75) is 31.7 Å². The molecule has 0 unspecified atom stereocenters. The average Bonchev–Trinajstić information content (AvgIpc) is 2.54. The monoisotopic (exact) mass is 325 g/mol. The lowest BCUT2D eigenvalue weighted by Crippen LogP contribution is -2.50. The van der Waals surface area contributed by atoms with Crippen LogP contribution in [0.1, 0.15) is 37.3 Å². The van der Waals surface area contributed by atoms with Crippen LogP contribution in [0.4, 0.5) is 5.69 Å². The van der Waals surface area contributed by atoms with Crippen molar-refractivity contribution < 1.29 is 4.79 Å². The van der Waals surface area contributed by atoms with Gasteiger partial charge in [0.05, 0.1) is 11.2 Å². The van der Waals surface area contributed by atoms with Gasteiger partial charge in [-0.1, -0.05) is 54.6 Å². The average molecular weight is 326 g/mol. The quantitative estimate of drug-likeness (QED) is 0.695. The zero-order chi connectivity index (χ0) is 16.6. The second-order valence-corrected chi connectivity index (χ2v) is 6.88. The molecule has 0 bridgehead atoms. The maximum Gasteiger partial charge on any atom is 0.250 e. The zero-order valence-corrected chi connectivity index (χ0v) is 14.3. The maximum absolute atomic E-state index is 13.1. The number of carbonyl (C=O) groups excluding carboxylic acids is 1. The smallest absolute Gasteiger partial charge is 0.250 e. The number of halogens is 1. The van der Waals surface area contributed by atoms with Crippen molar-refractivity contribution in [3.05, 3.63) is 71.8 Å². The highest BCUT2D eigenvalue weighted by atomic mass is 35.5. The summed E-state index contributed by atoms with van der Waals surface area (Å²) in [6.07, 6.45) is 2.13. The number of benzene rings is 2. The molecule has 2 nitrogen and oxygen atoms in total. The number of fused-ring (bicyclic) bond motifs is 1. The van der Waals surface area contributed by atoms with Crippen molar-refractivity contribution in [3.8, 4) is 0 Å². The van der Waals surface area contributed by atoms with Crippen molar-refractivity contribution in [1.82, 2.24) is 0 Å². The number of para-hydroxylation sites is 1. The summed E-state index contributed by atoms with van der Waals surface area (Å²) in [5.74, 6) is -0.0981. The molecule has 0 N–H and O–H groups in total. The molecule has 0 aromatic heterocycles. The summed E-state index contributed by atoms with van der Waals surface area (Å²) in [6, 6.07) is 17.5. The van der Waals surface area contributed by atoms with Gasteiger partial charge in [0.2, 0.25) is 5.91 Å². The van der Waals surface area contributed by atoms with E-state index in [9.17, 15) is 4.79 Å². The van der Waals surface area contributed by atoms with E-state index < -0.39 is 10.9 Å². The van der Waals surface area contributed by atoms with Crippen LogP contribution < -0.4 is 4.90 Å². The summed E-state index contributed by atoms with van der Waals surface area (Å²) in [5.41, 5.74) is 3.58. The number of hydrogen-bond donors (Lipinski definition) is 0. The second kappa shape index (κ2) is 5.86. The Morgan fingerprint density at radius 2 is 1.65 bits per heavy atom. The Morgan fingerprint density at radius 1 is 1.04 bits per heavy atom. The van der Waals surface area contributed by atoms with E-state index in [4.69, 9.17) is 11.6 Å². The molecule has 0 saturated carbocycles. The number of hydrogen-bond acceptors (Lipinski definition) is 1. The van der Waals surface area contributed by atoms with Gasteiger partial charge in [0.25, 0.3) is 0 Å². The zero-order valence-electron chi connectivity index (χ0n) is 13.6. The summed E-state index contributed by atoms with van der Waals surface area (Å²) in [7, 11) is 0. The number of carbonyl (C=O) groups is 1. The summed E-state index contributed by atoms with van der Waals surface area (Å²) in [5, 5.41) is -0.699. The Morgan fingerprint density at radius 3 is 2.35 bits per heavy atom. The number of anilines is 1. The molecule has 1 atom stereocenters. The van der Waals surface area contributed by atoms with E-state index in [-0.39, 0.29) is 5.91 Å². The standard InChI is InChI=1S/C20H20ClNO/c1-14-13-20(2,3)22(17-12-8-7-11-16(14)17)19(23)18(21)15-9-5-4-6-10-15/h4-13,18H,1-3H3/t18-/m1/s1. The van der Waals surface area contributed by atoms with Crippen molar-refractivity contribution >= 4 is 28.8 Å². The predicted molar refractivity (Wildman–Crippen MR) is 96.7 cm³/mol. The molecule has 23 heavy (non-hydrogen) atoms. The van der Waals surface area contributed by atoms with Crippen LogP contribution in [-0.2, 0) is 4.79 Å². The molecule has 0 aliphatic carbocycles. The van der Waals surface area contributed by atoms with Crippen LogP contribution in [0.15, 0.2) is 60.7 Å². The van der Waals surface area contributed by atoms with Crippen molar-refractivity contribution in [2.24, 2.45) is 0 Å². The summed E-state index contributed by atoms with van der Waals surface area (Å²) in [6.45, 7) is 6.16. The van der Waals surface area contributed by atoms with Crippen LogP contribution in [0, 0.1) is 0 Å². The molecule has 3 rings (SSSR count). The lowest BCUT2D eigenvalue weighted by atomic mass is 9.88. The van der Waals surface area contributed by atoms with Crippen molar-refractivity contribution in [1.29, 1.82) is 0 Å². The van der Waals surface area contributed by atoms with Gasteiger partial charge in [-0.3, -0.25) is 4.79 Å². The molecule has 0 saturated heterocycles. The molecule has 118 valence electrons. The SMILES string of the molecule is CC1=CC(C)(C)N(C(=O)[C@H](Cl)c2ccccc2)c2ccccc21. The third-order valence-electron chi connectivity index (χ3n) is 4.25. The van der Waals surface area contributed by atoms with Crippen LogP contribution in [-0.4, -0.2) is 11.4 Å². The summed E-state index contributed by atoms with van der Waals surface area (Å²) < 4.78 is 0. The van der Waals surface area contributed by atoms with Crippen molar-refractivity contribution in [3.63, 3.8) is 0 Å². The minimum atomic E-state index is -0.699. The summed E-state index contributed by atoms with van der Waals surface area (Å²) >= 11 is 6.51. The van der Waals surface area contributed by atoms with Gasteiger partial charge < -0.3 is 4.90 Å². The van der Waals surface area contributed by atoms with Crippen LogP contribution in [0.3, 0.4) is 0 Å².